The van der Waals surface area contributed by atoms with Gasteiger partial charge in [0.15, 0.2) is 0 Å². The first-order valence-corrected chi connectivity index (χ1v) is 4.70. The van der Waals surface area contributed by atoms with Gasteiger partial charge in [-0.25, -0.2) is 0 Å². The number of hydrogen-bond donors (Lipinski definition) is 2. The highest BCUT2D eigenvalue weighted by Crippen LogP contribution is 2.30. The van der Waals surface area contributed by atoms with Crippen LogP contribution in [0.5, 0.6) is 0 Å². The van der Waals surface area contributed by atoms with Crippen LogP contribution in [0.3, 0.4) is 0 Å². The first-order valence-electron chi connectivity index (χ1n) is 4.70. The summed E-state index contributed by atoms with van der Waals surface area (Å²) in [6.07, 6.45) is 3.70. The summed E-state index contributed by atoms with van der Waals surface area (Å²) in [7, 11) is 1.69. The summed E-state index contributed by atoms with van der Waals surface area (Å²) in [5.41, 5.74) is -0.144. The molecular weight excluding hydrogens is 168 g/mol. The minimum Gasteiger partial charge on any atom is -0.511 e. The van der Waals surface area contributed by atoms with E-state index >= 15 is 0 Å². The smallest absolute Gasteiger partial charge is 0.110 e. The SMILES string of the molecule is CON1CCC2(CC1)NCC=C2O. The largest absolute Gasteiger partial charge is 0.511 e. The van der Waals surface area contributed by atoms with E-state index in [2.05, 4.69) is 5.32 Å². The predicted molar refractivity (Wildman–Crippen MR) is 49.3 cm³/mol. The maximum atomic E-state index is 9.70. The maximum Gasteiger partial charge on any atom is 0.110 e. The summed E-state index contributed by atoms with van der Waals surface area (Å²) in [6.45, 7) is 2.54. The van der Waals surface area contributed by atoms with Crippen LogP contribution in [-0.2, 0) is 4.84 Å². The van der Waals surface area contributed by atoms with Gasteiger partial charge in [-0.05, 0) is 18.9 Å². The van der Waals surface area contributed by atoms with E-state index in [-0.39, 0.29) is 5.54 Å². The van der Waals surface area contributed by atoms with Gasteiger partial charge in [0.2, 0.25) is 0 Å². The number of nitrogens with zero attached hydrogens (tertiary/aromatic N) is 1. The zero-order valence-electron chi connectivity index (χ0n) is 7.92. The standard InChI is InChI=1S/C9H16N2O2/c1-13-11-6-3-9(4-7-11)8(12)2-5-10-9/h2,10,12H,3-7H2,1H3. The third-order valence-electron chi connectivity index (χ3n) is 3.06. The molecule has 0 bridgehead atoms. The van der Waals surface area contributed by atoms with Gasteiger partial charge in [-0.2, -0.15) is 5.06 Å². The van der Waals surface area contributed by atoms with Crippen LogP contribution >= 0.6 is 0 Å². The van der Waals surface area contributed by atoms with Crippen molar-refractivity contribution < 1.29 is 9.94 Å². The molecule has 2 heterocycles. The number of hydroxylamine groups is 2. The van der Waals surface area contributed by atoms with Gasteiger partial charge in [0.25, 0.3) is 0 Å². The molecule has 4 nitrogen and oxygen atoms in total. The van der Waals surface area contributed by atoms with Crippen molar-refractivity contribution in [3.05, 3.63) is 11.8 Å². The number of piperidine rings is 1. The second-order valence-corrected chi connectivity index (χ2v) is 3.66. The lowest BCUT2D eigenvalue weighted by Crippen LogP contribution is -2.51. The average molecular weight is 184 g/mol. The fraction of sp³-hybridized carbons (Fsp3) is 0.778. The van der Waals surface area contributed by atoms with E-state index in [0.29, 0.717) is 5.76 Å². The minimum atomic E-state index is -0.144. The molecule has 2 aliphatic rings. The van der Waals surface area contributed by atoms with Gasteiger partial charge in [-0.3, -0.25) is 0 Å². The Kier molecular flexibility index (Phi) is 2.27. The Balaban J connectivity index is 2.00. The molecule has 0 aromatic heterocycles. The number of rotatable bonds is 1. The molecule has 1 saturated heterocycles. The summed E-state index contributed by atoms with van der Waals surface area (Å²) < 4.78 is 0. The molecule has 4 heteroatoms. The van der Waals surface area contributed by atoms with Crippen LogP contribution in [0.1, 0.15) is 12.8 Å². The van der Waals surface area contributed by atoms with Crippen molar-refractivity contribution in [1.82, 2.24) is 10.4 Å². The molecule has 0 unspecified atom stereocenters. The van der Waals surface area contributed by atoms with E-state index in [1.165, 1.54) is 0 Å². The van der Waals surface area contributed by atoms with Crippen LogP contribution in [0.4, 0.5) is 0 Å². The van der Waals surface area contributed by atoms with Gasteiger partial charge in [-0.1, -0.05) is 0 Å². The summed E-state index contributed by atoms with van der Waals surface area (Å²) >= 11 is 0. The fourth-order valence-corrected chi connectivity index (χ4v) is 2.11. The van der Waals surface area contributed by atoms with Crippen molar-refractivity contribution >= 4 is 0 Å². The van der Waals surface area contributed by atoms with E-state index < -0.39 is 0 Å². The minimum absolute atomic E-state index is 0.144. The van der Waals surface area contributed by atoms with Gasteiger partial charge in [0.1, 0.15) is 5.76 Å². The lowest BCUT2D eigenvalue weighted by atomic mass is 9.88. The topological polar surface area (TPSA) is 44.7 Å². The molecule has 0 amide bonds. The molecule has 0 radical (unpaired) electrons. The summed E-state index contributed by atoms with van der Waals surface area (Å²) in [4.78, 5) is 5.13. The number of hydrogen-bond acceptors (Lipinski definition) is 4. The zero-order chi connectivity index (χ0) is 9.31. The van der Waals surface area contributed by atoms with Crippen LogP contribution in [0.15, 0.2) is 11.8 Å². The Bertz CT molecular complexity index is 220. The lowest BCUT2D eigenvalue weighted by molar-refractivity contribution is -0.151. The van der Waals surface area contributed by atoms with Gasteiger partial charge >= 0.3 is 0 Å². The second-order valence-electron chi connectivity index (χ2n) is 3.66. The van der Waals surface area contributed by atoms with Crippen molar-refractivity contribution in [2.24, 2.45) is 0 Å². The molecule has 13 heavy (non-hydrogen) atoms. The van der Waals surface area contributed by atoms with E-state index in [1.807, 2.05) is 11.1 Å². The van der Waals surface area contributed by atoms with Crippen molar-refractivity contribution in [2.45, 2.75) is 18.4 Å². The Morgan fingerprint density at radius 2 is 2.23 bits per heavy atom. The Hall–Kier alpha value is -0.580. The molecule has 0 aromatic carbocycles. The van der Waals surface area contributed by atoms with Crippen molar-refractivity contribution in [3.8, 4) is 0 Å². The van der Waals surface area contributed by atoms with Crippen LogP contribution < -0.4 is 5.32 Å². The molecule has 2 N–H and O–H groups in total. The van der Waals surface area contributed by atoms with E-state index in [0.717, 1.165) is 32.5 Å². The molecule has 1 spiro atoms. The second kappa shape index (κ2) is 3.29. The number of aliphatic hydroxyl groups excluding tert-OH is 1. The quantitative estimate of drug-likeness (QED) is 0.620. The van der Waals surface area contributed by atoms with Gasteiger partial charge in [0.05, 0.1) is 12.6 Å². The molecule has 1 fully saturated rings. The Labute approximate surface area is 78.1 Å². The highest BCUT2D eigenvalue weighted by molar-refractivity contribution is 5.21. The molecule has 0 aliphatic carbocycles. The first-order chi connectivity index (χ1) is 6.27. The zero-order valence-corrected chi connectivity index (χ0v) is 7.92. The van der Waals surface area contributed by atoms with E-state index in [9.17, 15) is 5.11 Å². The van der Waals surface area contributed by atoms with E-state index in [1.54, 1.807) is 7.11 Å². The highest BCUT2D eigenvalue weighted by Gasteiger charge is 2.40. The van der Waals surface area contributed by atoms with Crippen molar-refractivity contribution in [2.75, 3.05) is 26.7 Å². The Morgan fingerprint density at radius 1 is 1.54 bits per heavy atom. The summed E-state index contributed by atoms with van der Waals surface area (Å²) in [6, 6.07) is 0. The van der Waals surface area contributed by atoms with Crippen LogP contribution in [0.25, 0.3) is 0 Å². The Morgan fingerprint density at radius 3 is 2.69 bits per heavy atom. The molecule has 74 valence electrons. The lowest BCUT2D eigenvalue weighted by Gasteiger charge is -2.38. The molecule has 2 rings (SSSR count). The molecule has 0 saturated carbocycles. The molecule has 0 aromatic rings. The van der Waals surface area contributed by atoms with Crippen molar-refractivity contribution in [1.29, 1.82) is 0 Å². The van der Waals surface area contributed by atoms with Gasteiger partial charge < -0.3 is 15.3 Å². The molecule has 0 atom stereocenters. The molecule has 2 aliphatic heterocycles. The predicted octanol–water partition coefficient (Wildman–Crippen LogP) is 0.428. The van der Waals surface area contributed by atoms with Crippen LogP contribution in [0.2, 0.25) is 0 Å². The maximum absolute atomic E-state index is 9.70. The van der Waals surface area contributed by atoms with Crippen LogP contribution in [0, 0.1) is 0 Å². The third kappa shape index (κ3) is 1.45. The fourth-order valence-electron chi connectivity index (χ4n) is 2.11. The van der Waals surface area contributed by atoms with Gasteiger partial charge in [0, 0.05) is 19.6 Å². The number of nitrogens with one attached hydrogen (secondary N) is 1. The summed E-state index contributed by atoms with van der Waals surface area (Å²) in [5, 5.41) is 15.0. The molecular formula is C9H16N2O2. The monoisotopic (exact) mass is 184 g/mol. The number of aliphatic hydroxyl groups is 1. The van der Waals surface area contributed by atoms with Crippen LogP contribution in [-0.4, -0.2) is 42.5 Å². The average Bonchev–Trinajstić information content (AvgIpc) is 2.50. The van der Waals surface area contributed by atoms with Crippen molar-refractivity contribution in [3.63, 3.8) is 0 Å². The normalized spacial score (nSPS) is 27.9. The van der Waals surface area contributed by atoms with E-state index in [4.69, 9.17) is 4.84 Å². The first kappa shape index (κ1) is 8.99. The summed E-state index contributed by atoms with van der Waals surface area (Å²) in [5.74, 6) is 0.517. The third-order valence-corrected chi connectivity index (χ3v) is 3.06. The highest BCUT2D eigenvalue weighted by atomic mass is 16.7. The van der Waals surface area contributed by atoms with Gasteiger partial charge in [-0.15, -0.1) is 0 Å².